The van der Waals surface area contributed by atoms with Crippen molar-refractivity contribution in [3.63, 3.8) is 0 Å². The molecule has 1 rings (SSSR count). The Morgan fingerprint density at radius 2 is 2.18 bits per heavy atom. The molecule has 0 aromatic heterocycles. The lowest BCUT2D eigenvalue weighted by molar-refractivity contribution is 1.24. The van der Waals surface area contributed by atoms with E-state index in [-0.39, 0.29) is 0 Å². The van der Waals surface area contributed by atoms with Gasteiger partial charge in [0.25, 0.3) is 0 Å². The van der Waals surface area contributed by atoms with E-state index in [2.05, 4.69) is 11.6 Å². The van der Waals surface area contributed by atoms with E-state index >= 15 is 0 Å². The average molecular weight is 169 g/mol. The molecule has 3 heteroatoms. The highest BCUT2D eigenvalue weighted by atomic mass is 35.5. The summed E-state index contributed by atoms with van der Waals surface area (Å²) in [7, 11) is 0. The van der Waals surface area contributed by atoms with E-state index in [1.807, 2.05) is 13.0 Å². The first-order valence-electron chi connectivity index (χ1n) is 3.18. The van der Waals surface area contributed by atoms with Crippen molar-refractivity contribution in [1.82, 2.24) is 0 Å². The fraction of sp³-hybridized carbons (Fsp3) is 0.125. The Labute approximate surface area is 70.8 Å². The number of hydrogen-bond acceptors (Lipinski definition) is 2. The Hall–Kier alpha value is -1.02. The zero-order chi connectivity index (χ0) is 8.43. The molecule has 0 bridgehead atoms. The number of hydrogen-bond donors (Lipinski definition) is 1. The van der Waals surface area contributed by atoms with Gasteiger partial charge in [-0.3, -0.25) is 0 Å². The van der Waals surface area contributed by atoms with Crippen molar-refractivity contribution < 1.29 is 0 Å². The monoisotopic (exact) mass is 168 g/mol. The third kappa shape index (κ3) is 1.95. The SMILES string of the molecule is C=C1C=C(C)C=C(N)N=C1Cl. The average Bonchev–Trinajstić information content (AvgIpc) is 1.93. The molecule has 0 spiro atoms. The summed E-state index contributed by atoms with van der Waals surface area (Å²) in [6, 6.07) is 0. The molecule has 0 aliphatic carbocycles. The summed E-state index contributed by atoms with van der Waals surface area (Å²) < 4.78 is 0. The van der Waals surface area contributed by atoms with Gasteiger partial charge in [-0.1, -0.05) is 18.2 Å². The maximum Gasteiger partial charge on any atom is 0.138 e. The Balaban J connectivity index is 3.11. The lowest BCUT2D eigenvalue weighted by atomic mass is 10.2. The molecule has 1 heterocycles. The molecule has 1 aliphatic heterocycles. The molecule has 2 nitrogen and oxygen atoms in total. The van der Waals surface area contributed by atoms with Crippen molar-refractivity contribution in [2.45, 2.75) is 6.92 Å². The van der Waals surface area contributed by atoms with Crippen LogP contribution in [0, 0.1) is 0 Å². The van der Waals surface area contributed by atoms with E-state index in [0.29, 0.717) is 16.6 Å². The van der Waals surface area contributed by atoms with Gasteiger partial charge in [-0.2, -0.15) is 0 Å². The highest BCUT2D eigenvalue weighted by molar-refractivity contribution is 6.70. The van der Waals surface area contributed by atoms with Crippen LogP contribution in [0.25, 0.3) is 0 Å². The summed E-state index contributed by atoms with van der Waals surface area (Å²) in [6.07, 6.45) is 3.59. The molecule has 0 aromatic rings. The van der Waals surface area contributed by atoms with Crippen LogP contribution in [0.1, 0.15) is 6.92 Å². The maximum atomic E-state index is 5.72. The van der Waals surface area contributed by atoms with Crippen LogP contribution in [0.5, 0.6) is 0 Å². The van der Waals surface area contributed by atoms with E-state index < -0.39 is 0 Å². The minimum Gasteiger partial charge on any atom is -0.384 e. The van der Waals surface area contributed by atoms with Crippen LogP contribution in [0.3, 0.4) is 0 Å². The summed E-state index contributed by atoms with van der Waals surface area (Å²) >= 11 is 5.72. The lowest BCUT2D eigenvalue weighted by Crippen LogP contribution is -1.95. The van der Waals surface area contributed by atoms with Crippen LogP contribution in [0.4, 0.5) is 0 Å². The van der Waals surface area contributed by atoms with Gasteiger partial charge in [0.1, 0.15) is 11.0 Å². The van der Waals surface area contributed by atoms with Gasteiger partial charge in [0.2, 0.25) is 0 Å². The number of nitrogens with zero attached hydrogens (tertiary/aromatic N) is 1. The highest BCUT2D eigenvalue weighted by Crippen LogP contribution is 2.13. The van der Waals surface area contributed by atoms with Crippen LogP contribution in [-0.4, -0.2) is 5.17 Å². The molecule has 58 valence electrons. The number of rotatable bonds is 0. The fourth-order valence-electron chi connectivity index (χ4n) is 0.827. The number of halogens is 1. The molecule has 0 atom stereocenters. The third-order valence-electron chi connectivity index (χ3n) is 1.27. The van der Waals surface area contributed by atoms with Gasteiger partial charge in [0, 0.05) is 5.57 Å². The second kappa shape index (κ2) is 2.93. The Morgan fingerprint density at radius 3 is 2.82 bits per heavy atom. The summed E-state index contributed by atoms with van der Waals surface area (Å²) in [4.78, 5) is 3.88. The van der Waals surface area contributed by atoms with E-state index in [4.69, 9.17) is 17.3 Å². The van der Waals surface area contributed by atoms with Crippen molar-refractivity contribution in [3.05, 3.63) is 35.7 Å². The van der Waals surface area contributed by atoms with E-state index in [9.17, 15) is 0 Å². The van der Waals surface area contributed by atoms with Gasteiger partial charge < -0.3 is 5.73 Å². The van der Waals surface area contributed by atoms with Gasteiger partial charge >= 0.3 is 0 Å². The predicted molar refractivity (Wildman–Crippen MR) is 48.5 cm³/mol. The lowest BCUT2D eigenvalue weighted by Gasteiger charge is -1.92. The molecule has 1 aliphatic rings. The normalized spacial score (nSPS) is 18.4. The molecule has 0 aromatic carbocycles. The zero-order valence-corrected chi connectivity index (χ0v) is 7.02. The van der Waals surface area contributed by atoms with Crippen molar-refractivity contribution in [2.24, 2.45) is 10.7 Å². The van der Waals surface area contributed by atoms with Crippen LogP contribution in [0.2, 0.25) is 0 Å². The standard InChI is InChI=1S/C8H9ClN2/c1-5-3-6(2)8(9)11-7(10)4-5/h3-4H,2,10H2,1H3. The largest absolute Gasteiger partial charge is 0.384 e. The van der Waals surface area contributed by atoms with Crippen molar-refractivity contribution in [3.8, 4) is 0 Å². The molecular weight excluding hydrogens is 160 g/mol. The number of allylic oxidation sites excluding steroid dienone is 4. The van der Waals surface area contributed by atoms with Gasteiger partial charge in [-0.05, 0) is 24.6 Å². The van der Waals surface area contributed by atoms with E-state index in [0.717, 1.165) is 5.57 Å². The maximum absolute atomic E-state index is 5.72. The van der Waals surface area contributed by atoms with Crippen LogP contribution >= 0.6 is 11.6 Å². The summed E-state index contributed by atoms with van der Waals surface area (Å²) in [6.45, 7) is 5.63. The fourth-order valence-corrected chi connectivity index (χ4v) is 0.979. The summed E-state index contributed by atoms with van der Waals surface area (Å²) in [5, 5.41) is 0.357. The van der Waals surface area contributed by atoms with Crippen molar-refractivity contribution in [2.75, 3.05) is 0 Å². The van der Waals surface area contributed by atoms with E-state index in [1.54, 1.807) is 6.08 Å². The third-order valence-corrected chi connectivity index (χ3v) is 1.60. The van der Waals surface area contributed by atoms with Crippen LogP contribution < -0.4 is 5.73 Å². The van der Waals surface area contributed by atoms with Crippen LogP contribution in [-0.2, 0) is 0 Å². The Bertz CT molecular complexity index is 282. The first-order valence-corrected chi connectivity index (χ1v) is 3.56. The molecule has 0 radical (unpaired) electrons. The summed E-state index contributed by atoms with van der Waals surface area (Å²) in [5.74, 6) is 0.419. The highest BCUT2D eigenvalue weighted by Gasteiger charge is 2.02. The van der Waals surface area contributed by atoms with Gasteiger partial charge in [0.05, 0.1) is 0 Å². The molecule has 0 saturated heterocycles. The topological polar surface area (TPSA) is 38.4 Å². The molecule has 0 saturated carbocycles. The quantitative estimate of drug-likeness (QED) is 0.590. The Morgan fingerprint density at radius 1 is 1.55 bits per heavy atom. The number of aliphatic imine (C=N–C) groups is 1. The molecule has 0 amide bonds. The molecular formula is C8H9ClN2. The van der Waals surface area contributed by atoms with Crippen molar-refractivity contribution >= 4 is 16.8 Å². The first-order chi connectivity index (χ1) is 5.09. The summed E-state index contributed by atoms with van der Waals surface area (Å²) in [5.41, 5.74) is 7.19. The van der Waals surface area contributed by atoms with Crippen molar-refractivity contribution in [1.29, 1.82) is 0 Å². The van der Waals surface area contributed by atoms with Crippen LogP contribution in [0.15, 0.2) is 40.7 Å². The predicted octanol–water partition coefficient (Wildman–Crippen LogP) is 1.94. The van der Waals surface area contributed by atoms with Gasteiger partial charge in [-0.15, -0.1) is 0 Å². The molecule has 0 fully saturated rings. The molecule has 2 N–H and O–H groups in total. The minimum absolute atomic E-state index is 0.357. The smallest absolute Gasteiger partial charge is 0.138 e. The zero-order valence-electron chi connectivity index (χ0n) is 6.26. The molecule has 11 heavy (non-hydrogen) atoms. The van der Waals surface area contributed by atoms with E-state index in [1.165, 1.54) is 0 Å². The number of nitrogens with two attached hydrogens (primary N) is 1. The van der Waals surface area contributed by atoms with Gasteiger partial charge in [-0.25, -0.2) is 4.99 Å². The first kappa shape index (κ1) is 8.08. The second-order valence-corrected chi connectivity index (χ2v) is 2.74. The van der Waals surface area contributed by atoms with Gasteiger partial charge in [0.15, 0.2) is 0 Å². The molecule has 0 unspecified atom stereocenters. The Kier molecular flexibility index (Phi) is 2.15. The second-order valence-electron chi connectivity index (χ2n) is 2.39. The minimum atomic E-state index is 0.357.